The van der Waals surface area contributed by atoms with Crippen LogP contribution in [-0.2, 0) is 12.0 Å². The van der Waals surface area contributed by atoms with E-state index in [2.05, 4.69) is 39.0 Å². The van der Waals surface area contributed by atoms with Gasteiger partial charge in [0, 0.05) is 5.54 Å². The first kappa shape index (κ1) is 15.4. The molecule has 0 saturated heterocycles. The molecule has 1 unspecified atom stereocenters. The van der Waals surface area contributed by atoms with E-state index in [4.69, 9.17) is 28.9 Å². The number of hydrogen-bond donors (Lipinski definition) is 1. The predicted octanol–water partition coefficient (Wildman–Crippen LogP) is 5.03. The van der Waals surface area contributed by atoms with Crippen LogP contribution in [0.15, 0.2) is 36.4 Å². The van der Waals surface area contributed by atoms with E-state index in [1.807, 2.05) is 18.2 Å². The van der Waals surface area contributed by atoms with E-state index in [-0.39, 0.29) is 0 Å². The Labute approximate surface area is 130 Å². The molecule has 0 aromatic heterocycles. The maximum Gasteiger partial charge on any atom is 0.0595 e. The smallest absolute Gasteiger partial charge is 0.0595 e. The third kappa shape index (κ3) is 3.35. The summed E-state index contributed by atoms with van der Waals surface area (Å²) < 4.78 is 0. The lowest BCUT2D eigenvalue weighted by atomic mass is 9.83. The van der Waals surface area contributed by atoms with Gasteiger partial charge in [0.15, 0.2) is 0 Å². The van der Waals surface area contributed by atoms with Crippen LogP contribution in [0.3, 0.4) is 0 Å². The molecule has 2 aromatic rings. The van der Waals surface area contributed by atoms with Crippen LogP contribution in [0.25, 0.3) is 0 Å². The first-order valence-corrected chi connectivity index (χ1v) is 7.36. The Morgan fingerprint density at radius 1 is 1.00 bits per heavy atom. The molecule has 0 aliphatic carbocycles. The van der Waals surface area contributed by atoms with Crippen LogP contribution in [-0.4, -0.2) is 0 Å². The molecule has 20 heavy (non-hydrogen) atoms. The fourth-order valence-electron chi connectivity index (χ4n) is 2.52. The van der Waals surface area contributed by atoms with Crippen LogP contribution in [0.1, 0.15) is 29.2 Å². The van der Waals surface area contributed by atoms with Crippen molar-refractivity contribution in [3.8, 4) is 0 Å². The number of aryl methyl sites for hydroxylation is 2. The summed E-state index contributed by atoms with van der Waals surface area (Å²) in [6.07, 6.45) is 0.716. The molecule has 2 N–H and O–H groups in total. The standard InChI is InChI=1S/C17H19Cl2N/c1-11-4-5-12(2)14(8-11)17(3,20)10-13-6-7-15(18)16(19)9-13/h4-9H,10,20H2,1-3H3. The highest BCUT2D eigenvalue weighted by Crippen LogP contribution is 2.29. The average molecular weight is 308 g/mol. The maximum absolute atomic E-state index is 6.55. The van der Waals surface area contributed by atoms with Crippen LogP contribution in [0.5, 0.6) is 0 Å². The van der Waals surface area contributed by atoms with Crippen LogP contribution in [0.4, 0.5) is 0 Å². The van der Waals surface area contributed by atoms with Gasteiger partial charge in [0.25, 0.3) is 0 Å². The fourth-order valence-corrected chi connectivity index (χ4v) is 2.84. The second-order valence-electron chi connectivity index (χ2n) is 5.66. The van der Waals surface area contributed by atoms with Gasteiger partial charge in [-0.1, -0.05) is 53.0 Å². The molecule has 2 aromatic carbocycles. The zero-order chi connectivity index (χ0) is 14.9. The van der Waals surface area contributed by atoms with Gasteiger partial charge >= 0.3 is 0 Å². The van der Waals surface area contributed by atoms with Crippen molar-refractivity contribution in [2.75, 3.05) is 0 Å². The van der Waals surface area contributed by atoms with E-state index in [0.29, 0.717) is 16.5 Å². The Bertz CT molecular complexity index is 633. The van der Waals surface area contributed by atoms with Gasteiger partial charge in [-0.05, 0) is 56.0 Å². The molecule has 0 amide bonds. The third-order valence-electron chi connectivity index (χ3n) is 3.56. The summed E-state index contributed by atoms with van der Waals surface area (Å²) >= 11 is 12.0. The van der Waals surface area contributed by atoms with Crippen LogP contribution < -0.4 is 5.73 Å². The predicted molar refractivity (Wildman–Crippen MR) is 87.6 cm³/mol. The monoisotopic (exact) mass is 307 g/mol. The molecule has 0 saturated carbocycles. The molecule has 0 aliphatic rings. The average Bonchev–Trinajstić information content (AvgIpc) is 2.36. The quantitative estimate of drug-likeness (QED) is 0.846. The van der Waals surface area contributed by atoms with Crippen molar-refractivity contribution in [2.45, 2.75) is 32.7 Å². The largest absolute Gasteiger partial charge is 0.321 e. The molecule has 1 atom stereocenters. The molecule has 0 bridgehead atoms. The number of benzene rings is 2. The zero-order valence-electron chi connectivity index (χ0n) is 12.0. The minimum Gasteiger partial charge on any atom is -0.321 e. The van der Waals surface area contributed by atoms with Crippen molar-refractivity contribution in [3.05, 3.63) is 68.7 Å². The van der Waals surface area contributed by atoms with E-state index < -0.39 is 5.54 Å². The molecule has 0 fully saturated rings. The summed E-state index contributed by atoms with van der Waals surface area (Å²) in [6, 6.07) is 12.1. The molecule has 0 aliphatic heterocycles. The normalized spacial score (nSPS) is 14.1. The first-order valence-electron chi connectivity index (χ1n) is 6.60. The second kappa shape index (κ2) is 5.77. The fraction of sp³-hybridized carbons (Fsp3) is 0.294. The Kier molecular flexibility index (Phi) is 4.43. The van der Waals surface area contributed by atoms with E-state index in [1.54, 1.807) is 0 Å². The lowest BCUT2D eigenvalue weighted by molar-refractivity contribution is 0.488. The van der Waals surface area contributed by atoms with Crippen molar-refractivity contribution in [1.82, 2.24) is 0 Å². The van der Waals surface area contributed by atoms with Gasteiger partial charge in [-0.2, -0.15) is 0 Å². The molecule has 0 spiro atoms. The van der Waals surface area contributed by atoms with E-state index in [0.717, 1.165) is 5.56 Å². The summed E-state index contributed by atoms with van der Waals surface area (Å²) in [6.45, 7) is 6.23. The van der Waals surface area contributed by atoms with Crippen molar-refractivity contribution in [3.63, 3.8) is 0 Å². The summed E-state index contributed by atoms with van der Waals surface area (Å²) in [5.41, 5.74) is 10.8. The Morgan fingerprint density at radius 3 is 2.35 bits per heavy atom. The van der Waals surface area contributed by atoms with Crippen LogP contribution in [0, 0.1) is 13.8 Å². The highest BCUT2D eigenvalue weighted by Gasteiger charge is 2.24. The Morgan fingerprint density at radius 2 is 1.70 bits per heavy atom. The van der Waals surface area contributed by atoms with Gasteiger partial charge in [-0.3, -0.25) is 0 Å². The van der Waals surface area contributed by atoms with Gasteiger partial charge in [0.2, 0.25) is 0 Å². The number of hydrogen-bond acceptors (Lipinski definition) is 1. The molecule has 106 valence electrons. The van der Waals surface area contributed by atoms with Crippen molar-refractivity contribution in [1.29, 1.82) is 0 Å². The Balaban J connectivity index is 2.34. The molecule has 0 heterocycles. The minimum absolute atomic E-state index is 0.437. The molecule has 0 radical (unpaired) electrons. The van der Waals surface area contributed by atoms with Gasteiger partial charge in [-0.25, -0.2) is 0 Å². The highest BCUT2D eigenvalue weighted by molar-refractivity contribution is 6.42. The van der Waals surface area contributed by atoms with Gasteiger partial charge < -0.3 is 5.73 Å². The number of halogens is 2. The van der Waals surface area contributed by atoms with E-state index >= 15 is 0 Å². The summed E-state index contributed by atoms with van der Waals surface area (Å²) in [4.78, 5) is 0. The molecule has 3 heteroatoms. The van der Waals surface area contributed by atoms with Gasteiger partial charge in [0.1, 0.15) is 0 Å². The molecule has 2 rings (SSSR count). The summed E-state index contributed by atoms with van der Waals surface area (Å²) in [5.74, 6) is 0. The molecular weight excluding hydrogens is 289 g/mol. The topological polar surface area (TPSA) is 26.0 Å². The van der Waals surface area contributed by atoms with Crippen molar-refractivity contribution >= 4 is 23.2 Å². The first-order chi connectivity index (χ1) is 9.29. The maximum atomic E-state index is 6.55. The minimum atomic E-state index is -0.437. The van der Waals surface area contributed by atoms with E-state index in [1.165, 1.54) is 16.7 Å². The van der Waals surface area contributed by atoms with Crippen molar-refractivity contribution in [2.24, 2.45) is 5.73 Å². The number of nitrogens with two attached hydrogens (primary N) is 1. The van der Waals surface area contributed by atoms with Crippen molar-refractivity contribution < 1.29 is 0 Å². The highest BCUT2D eigenvalue weighted by atomic mass is 35.5. The molecule has 1 nitrogen and oxygen atoms in total. The Hall–Kier alpha value is -1.02. The second-order valence-corrected chi connectivity index (χ2v) is 6.48. The molecular formula is C17H19Cl2N. The SMILES string of the molecule is Cc1ccc(C)c(C(C)(N)Cc2ccc(Cl)c(Cl)c2)c1. The van der Waals surface area contributed by atoms with Crippen LogP contribution >= 0.6 is 23.2 Å². The summed E-state index contributed by atoms with van der Waals surface area (Å²) in [7, 11) is 0. The number of rotatable bonds is 3. The van der Waals surface area contributed by atoms with Crippen LogP contribution in [0.2, 0.25) is 10.0 Å². The summed E-state index contributed by atoms with van der Waals surface area (Å²) in [5, 5.41) is 1.14. The van der Waals surface area contributed by atoms with Gasteiger partial charge in [-0.15, -0.1) is 0 Å². The zero-order valence-corrected chi connectivity index (χ0v) is 13.5. The van der Waals surface area contributed by atoms with Gasteiger partial charge in [0.05, 0.1) is 10.0 Å². The van der Waals surface area contributed by atoms with E-state index in [9.17, 15) is 0 Å². The lowest BCUT2D eigenvalue weighted by Gasteiger charge is -2.28. The lowest BCUT2D eigenvalue weighted by Crippen LogP contribution is -2.36. The third-order valence-corrected chi connectivity index (χ3v) is 4.30.